The largest absolute Gasteiger partial charge is 0.333 e. The van der Waals surface area contributed by atoms with Gasteiger partial charge in [-0.1, -0.05) is 11.6 Å². The van der Waals surface area contributed by atoms with E-state index >= 15 is 0 Å². The van der Waals surface area contributed by atoms with Gasteiger partial charge in [0.1, 0.15) is 0 Å². The van der Waals surface area contributed by atoms with Gasteiger partial charge in [-0.15, -0.1) is 0 Å². The molecule has 2 rings (SSSR count). The lowest BCUT2D eigenvalue weighted by Crippen LogP contribution is -2.34. The van der Waals surface area contributed by atoms with Gasteiger partial charge in [-0.2, -0.15) is 0 Å². The first-order chi connectivity index (χ1) is 8.56. The van der Waals surface area contributed by atoms with Crippen LogP contribution in [0, 0.1) is 6.92 Å². The number of aryl methyl sites for hydroxylation is 1. The van der Waals surface area contributed by atoms with Crippen LogP contribution in [0.2, 0.25) is 5.02 Å². The van der Waals surface area contributed by atoms with Crippen LogP contribution in [0.25, 0.3) is 0 Å². The SMILES string of the molecule is Cc1cc(Cl)ccc1NC(=O)CN1CCCC1=O. The molecule has 0 atom stereocenters. The van der Waals surface area contributed by atoms with Crippen molar-refractivity contribution in [1.82, 2.24) is 4.90 Å². The lowest BCUT2D eigenvalue weighted by atomic mass is 10.2. The van der Waals surface area contributed by atoms with Gasteiger partial charge < -0.3 is 10.2 Å². The predicted octanol–water partition coefficient (Wildman–Crippen LogP) is 2.21. The van der Waals surface area contributed by atoms with Gasteiger partial charge in [0, 0.05) is 23.7 Å². The van der Waals surface area contributed by atoms with E-state index in [0.29, 0.717) is 18.0 Å². The van der Waals surface area contributed by atoms with Crippen molar-refractivity contribution in [3.63, 3.8) is 0 Å². The highest BCUT2D eigenvalue weighted by molar-refractivity contribution is 6.30. The van der Waals surface area contributed by atoms with E-state index in [4.69, 9.17) is 11.6 Å². The summed E-state index contributed by atoms with van der Waals surface area (Å²) >= 11 is 5.84. The van der Waals surface area contributed by atoms with Crippen LogP contribution >= 0.6 is 11.6 Å². The minimum absolute atomic E-state index is 0.0537. The Labute approximate surface area is 111 Å². The Bertz CT molecular complexity index is 488. The van der Waals surface area contributed by atoms with Gasteiger partial charge in [-0.05, 0) is 37.1 Å². The number of rotatable bonds is 3. The highest BCUT2D eigenvalue weighted by Crippen LogP contribution is 2.19. The molecular weight excluding hydrogens is 252 g/mol. The zero-order chi connectivity index (χ0) is 13.1. The van der Waals surface area contributed by atoms with Crippen LogP contribution < -0.4 is 5.32 Å². The second kappa shape index (κ2) is 5.40. The maximum Gasteiger partial charge on any atom is 0.244 e. The Balaban J connectivity index is 1.96. The van der Waals surface area contributed by atoms with Crippen LogP contribution in [0.4, 0.5) is 5.69 Å². The first-order valence-corrected chi connectivity index (χ1v) is 6.28. The standard InChI is InChI=1S/C13H15ClN2O2/c1-9-7-10(14)4-5-11(9)15-12(17)8-16-6-2-3-13(16)18/h4-5,7H,2-3,6,8H2,1H3,(H,15,17). The normalized spacial score (nSPS) is 15.0. The molecule has 0 bridgehead atoms. The average molecular weight is 267 g/mol. The van der Waals surface area contributed by atoms with Crippen molar-refractivity contribution in [3.05, 3.63) is 28.8 Å². The summed E-state index contributed by atoms with van der Waals surface area (Å²) in [5.74, 6) is -0.117. The van der Waals surface area contributed by atoms with Crippen LogP contribution in [-0.2, 0) is 9.59 Å². The first-order valence-electron chi connectivity index (χ1n) is 5.90. The molecule has 1 aliphatic rings. The van der Waals surface area contributed by atoms with Gasteiger partial charge in [-0.3, -0.25) is 9.59 Å². The maximum atomic E-state index is 11.8. The molecule has 1 aromatic carbocycles. The van der Waals surface area contributed by atoms with Gasteiger partial charge in [0.05, 0.1) is 6.54 Å². The zero-order valence-corrected chi connectivity index (χ0v) is 11.0. The fourth-order valence-corrected chi connectivity index (χ4v) is 2.23. The number of carbonyl (C=O) groups excluding carboxylic acids is 2. The first kappa shape index (κ1) is 12.9. The van der Waals surface area contributed by atoms with Crippen molar-refractivity contribution >= 4 is 29.1 Å². The van der Waals surface area contributed by atoms with E-state index in [1.807, 2.05) is 6.92 Å². The van der Waals surface area contributed by atoms with Crippen molar-refractivity contribution in [3.8, 4) is 0 Å². The summed E-state index contributed by atoms with van der Waals surface area (Å²) in [6.45, 7) is 2.68. The zero-order valence-electron chi connectivity index (χ0n) is 10.2. The van der Waals surface area contributed by atoms with E-state index in [1.165, 1.54) is 0 Å². The van der Waals surface area contributed by atoms with Crippen molar-refractivity contribution in [2.45, 2.75) is 19.8 Å². The summed E-state index contributed by atoms with van der Waals surface area (Å²) in [4.78, 5) is 24.8. The second-order valence-electron chi connectivity index (χ2n) is 4.43. The Morgan fingerprint density at radius 2 is 2.28 bits per heavy atom. The summed E-state index contributed by atoms with van der Waals surface area (Å²) < 4.78 is 0. The number of halogens is 1. The van der Waals surface area contributed by atoms with Gasteiger partial charge in [0.15, 0.2) is 0 Å². The van der Waals surface area contributed by atoms with Crippen LogP contribution in [-0.4, -0.2) is 29.8 Å². The van der Waals surface area contributed by atoms with Crippen LogP contribution in [0.5, 0.6) is 0 Å². The van der Waals surface area contributed by atoms with E-state index in [0.717, 1.165) is 17.7 Å². The van der Waals surface area contributed by atoms with E-state index in [9.17, 15) is 9.59 Å². The van der Waals surface area contributed by atoms with Gasteiger partial charge in [-0.25, -0.2) is 0 Å². The number of amides is 2. The second-order valence-corrected chi connectivity index (χ2v) is 4.86. The molecule has 0 aromatic heterocycles. The summed E-state index contributed by atoms with van der Waals surface area (Å²) in [6.07, 6.45) is 1.39. The molecule has 0 saturated carbocycles. The average Bonchev–Trinajstić information content (AvgIpc) is 2.69. The number of carbonyl (C=O) groups is 2. The number of benzene rings is 1. The Morgan fingerprint density at radius 1 is 1.50 bits per heavy atom. The molecule has 0 unspecified atom stereocenters. The molecule has 1 fully saturated rings. The highest BCUT2D eigenvalue weighted by Gasteiger charge is 2.22. The Morgan fingerprint density at radius 3 is 2.89 bits per heavy atom. The van der Waals surface area contributed by atoms with E-state index in [-0.39, 0.29) is 18.4 Å². The molecule has 5 heteroatoms. The number of likely N-dealkylation sites (tertiary alicyclic amines) is 1. The van der Waals surface area contributed by atoms with Gasteiger partial charge in [0.2, 0.25) is 11.8 Å². The summed E-state index contributed by atoms with van der Waals surface area (Å²) in [7, 11) is 0. The number of hydrogen-bond donors (Lipinski definition) is 1. The van der Waals surface area contributed by atoms with E-state index in [2.05, 4.69) is 5.32 Å². The molecule has 1 aliphatic heterocycles. The third-order valence-electron chi connectivity index (χ3n) is 2.97. The molecule has 96 valence electrons. The van der Waals surface area contributed by atoms with Crippen molar-refractivity contribution in [1.29, 1.82) is 0 Å². The molecule has 1 N–H and O–H groups in total. The van der Waals surface area contributed by atoms with Gasteiger partial charge in [0.25, 0.3) is 0 Å². The van der Waals surface area contributed by atoms with E-state index < -0.39 is 0 Å². The topological polar surface area (TPSA) is 49.4 Å². The molecule has 1 aromatic rings. The summed E-state index contributed by atoms with van der Waals surface area (Å²) in [5, 5.41) is 3.43. The van der Waals surface area contributed by atoms with E-state index in [1.54, 1.807) is 23.1 Å². The lowest BCUT2D eigenvalue weighted by molar-refractivity contribution is -0.131. The van der Waals surface area contributed by atoms with Crippen LogP contribution in [0.1, 0.15) is 18.4 Å². The molecule has 1 saturated heterocycles. The van der Waals surface area contributed by atoms with Crippen molar-refractivity contribution in [2.24, 2.45) is 0 Å². The third-order valence-corrected chi connectivity index (χ3v) is 3.20. The maximum absolute atomic E-state index is 11.8. The fourth-order valence-electron chi connectivity index (χ4n) is 2.00. The monoisotopic (exact) mass is 266 g/mol. The molecule has 0 spiro atoms. The van der Waals surface area contributed by atoms with Gasteiger partial charge >= 0.3 is 0 Å². The Kier molecular flexibility index (Phi) is 3.87. The summed E-state index contributed by atoms with van der Waals surface area (Å²) in [6, 6.07) is 5.28. The lowest BCUT2D eigenvalue weighted by Gasteiger charge is -2.15. The van der Waals surface area contributed by atoms with Crippen LogP contribution in [0.3, 0.4) is 0 Å². The summed E-state index contributed by atoms with van der Waals surface area (Å²) in [5.41, 5.74) is 1.64. The number of hydrogen-bond acceptors (Lipinski definition) is 2. The predicted molar refractivity (Wildman–Crippen MR) is 70.6 cm³/mol. The quantitative estimate of drug-likeness (QED) is 0.912. The Hall–Kier alpha value is -1.55. The fraction of sp³-hybridized carbons (Fsp3) is 0.385. The molecule has 4 nitrogen and oxygen atoms in total. The number of nitrogens with one attached hydrogen (secondary N) is 1. The third kappa shape index (κ3) is 3.01. The van der Waals surface area contributed by atoms with Crippen molar-refractivity contribution in [2.75, 3.05) is 18.4 Å². The van der Waals surface area contributed by atoms with Crippen molar-refractivity contribution < 1.29 is 9.59 Å². The van der Waals surface area contributed by atoms with Crippen LogP contribution in [0.15, 0.2) is 18.2 Å². The molecule has 2 amide bonds. The molecule has 18 heavy (non-hydrogen) atoms. The molecular formula is C13H15ClN2O2. The minimum atomic E-state index is -0.171. The molecule has 1 heterocycles. The number of nitrogens with zero attached hydrogens (tertiary/aromatic N) is 1. The highest BCUT2D eigenvalue weighted by atomic mass is 35.5. The number of anilines is 1. The molecule has 0 radical (unpaired) electrons. The molecule has 0 aliphatic carbocycles. The minimum Gasteiger partial charge on any atom is -0.333 e. The smallest absolute Gasteiger partial charge is 0.244 e.